The number of carbonyl (C=O) groups excluding carboxylic acids is 2. The van der Waals surface area contributed by atoms with Crippen LogP contribution in [0.5, 0.6) is 0 Å². The molecular formula is C13H18N2O6. The molecule has 1 aliphatic rings. The molecule has 8 nitrogen and oxygen atoms in total. The molecule has 1 aliphatic heterocycles. The highest BCUT2D eigenvalue weighted by atomic mass is 16.7. The monoisotopic (exact) mass is 298 g/mol. The van der Waals surface area contributed by atoms with Gasteiger partial charge in [0.05, 0.1) is 19.8 Å². The number of nitriles is 1. The minimum atomic E-state index is -1.06. The molecule has 0 amide bonds. The SMILES string of the molecule is CCOC(=O)/C(C#N)=N/OC(=O)C1(C)COC(C)(C)OC1. The number of hydrogen-bond donors (Lipinski definition) is 0. The van der Waals surface area contributed by atoms with Crippen molar-refractivity contribution in [1.29, 1.82) is 5.26 Å². The lowest BCUT2D eigenvalue weighted by atomic mass is 9.92. The number of carbonyl (C=O) groups is 2. The van der Waals surface area contributed by atoms with E-state index in [0.717, 1.165) is 0 Å². The van der Waals surface area contributed by atoms with E-state index in [2.05, 4.69) is 14.7 Å². The van der Waals surface area contributed by atoms with Crippen LogP contribution in [-0.2, 0) is 28.6 Å². The average Bonchev–Trinajstić information content (AvgIpc) is 2.43. The second kappa shape index (κ2) is 6.65. The van der Waals surface area contributed by atoms with Crippen LogP contribution in [0.4, 0.5) is 0 Å². The molecule has 0 saturated carbocycles. The van der Waals surface area contributed by atoms with Crippen molar-refractivity contribution in [3.8, 4) is 6.07 Å². The summed E-state index contributed by atoms with van der Waals surface area (Å²) in [5, 5.41) is 12.0. The van der Waals surface area contributed by atoms with Crippen molar-refractivity contribution in [2.24, 2.45) is 10.6 Å². The standard InChI is InChI=1S/C13H18N2O6/c1-5-18-10(16)9(6-14)15-21-11(17)13(4)7-19-12(2,3)20-8-13/h5,7-8H2,1-4H3/b15-9+. The van der Waals surface area contributed by atoms with Crippen LogP contribution >= 0.6 is 0 Å². The highest BCUT2D eigenvalue weighted by Gasteiger charge is 2.44. The van der Waals surface area contributed by atoms with Gasteiger partial charge >= 0.3 is 11.9 Å². The van der Waals surface area contributed by atoms with Gasteiger partial charge in [-0.1, -0.05) is 5.16 Å². The quantitative estimate of drug-likeness (QED) is 0.326. The highest BCUT2D eigenvalue weighted by molar-refractivity contribution is 6.42. The summed E-state index contributed by atoms with van der Waals surface area (Å²) in [7, 11) is 0. The van der Waals surface area contributed by atoms with Crippen molar-refractivity contribution in [3.05, 3.63) is 0 Å². The van der Waals surface area contributed by atoms with Crippen LogP contribution in [0, 0.1) is 16.7 Å². The molecule has 1 saturated heterocycles. The summed E-state index contributed by atoms with van der Waals surface area (Å²) in [5.41, 5.74) is -1.69. The second-order valence-corrected chi connectivity index (χ2v) is 5.19. The first-order valence-corrected chi connectivity index (χ1v) is 6.38. The third-order valence-electron chi connectivity index (χ3n) is 2.76. The van der Waals surface area contributed by atoms with Gasteiger partial charge in [0.2, 0.25) is 0 Å². The van der Waals surface area contributed by atoms with Gasteiger partial charge in [0.1, 0.15) is 11.5 Å². The molecule has 116 valence electrons. The van der Waals surface area contributed by atoms with E-state index in [1.54, 1.807) is 27.7 Å². The fraction of sp³-hybridized carbons (Fsp3) is 0.692. The Morgan fingerprint density at radius 1 is 1.29 bits per heavy atom. The molecule has 0 aliphatic carbocycles. The third kappa shape index (κ3) is 4.51. The molecule has 1 fully saturated rings. The van der Waals surface area contributed by atoms with Crippen LogP contribution in [0.1, 0.15) is 27.7 Å². The maximum absolute atomic E-state index is 12.0. The van der Waals surface area contributed by atoms with Crippen molar-refractivity contribution in [3.63, 3.8) is 0 Å². The lowest BCUT2D eigenvalue weighted by Crippen LogP contribution is -2.49. The molecule has 0 aromatic heterocycles. The van der Waals surface area contributed by atoms with E-state index in [0.29, 0.717) is 0 Å². The number of oxime groups is 1. The Kier molecular flexibility index (Phi) is 5.41. The van der Waals surface area contributed by atoms with Gasteiger partial charge in [0.15, 0.2) is 5.79 Å². The van der Waals surface area contributed by atoms with E-state index >= 15 is 0 Å². The summed E-state index contributed by atoms with van der Waals surface area (Å²) in [6.07, 6.45) is 0. The third-order valence-corrected chi connectivity index (χ3v) is 2.76. The second-order valence-electron chi connectivity index (χ2n) is 5.19. The summed E-state index contributed by atoms with van der Waals surface area (Å²) in [6.45, 7) is 6.86. The molecule has 0 radical (unpaired) electrons. The van der Waals surface area contributed by atoms with Gasteiger partial charge in [-0.15, -0.1) is 0 Å². The first-order chi connectivity index (χ1) is 9.74. The molecule has 0 unspecified atom stereocenters. The minimum absolute atomic E-state index is 0.0790. The van der Waals surface area contributed by atoms with Gasteiger partial charge in [-0.2, -0.15) is 5.26 Å². The normalized spacial score (nSPS) is 20.2. The Morgan fingerprint density at radius 2 is 1.86 bits per heavy atom. The van der Waals surface area contributed by atoms with Crippen molar-refractivity contribution in [2.45, 2.75) is 33.5 Å². The lowest BCUT2D eigenvalue weighted by Gasteiger charge is -2.39. The van der Waals surface area contributed by atoms with Crippen LogP contribution in [0.15, 0.2) is 5.16 Å². The number of rotatable bonds is 4. The van der Waals surface area contributed by atoms with Gasteiger partial charge < -0.3 is 19.0 Å². The number of hydrogen-bond acceptors (Lipinski definition) is 8. The topological polar surface area (TPSA) is 107 Å². The van der Waals surface area contributed by atoms with Crippen LogP contribution in [-0.4, -0.2) is 43.3 Å². The molecule has 0 spiro atoms. The first kappa shape index (κ1) is 17.1. The summed E-state index contributed by atoms with van der Waals surface area (Å²) in [4.78, 5) is 27.9. The summed E-state index contributed by atoms with van der Waals surface area (Å²) in [6, 6.07) is 1.51. The Labute approximate surface area is 122 Å². The predicted octanol–water partition coefficient (Wildman–Crippen LogP) is 0.761. The van der Waals surface area contributed by atoms with Crippen LogP contribution in [0.2, 0.25) is 0 Å². The van der Waals surface area contributed by atoms with Gasteiger partial charge in [-0.3, -0.25) is 0 Å². The van der Waals surface area contributed by atoms with E-state index < -0.39 is 28.9 Å². The molecule has 0 N–H and O–H groups in total. The maximum Gasteiger partial charge on any atom is 0.371 e. The van der Waals surface area contributed by atoms with Crippen molar-refractivity contribution in [1.82, 2.24) is 0 Å². The molecule has 21 heavy (non-hydrogen) atoms. The fourth-order valence-corrected chi connectivity index (χ4v) is 1.37. The summed E-state index contributed by atoms with van der Waals surface area (Å²) in [5.74, 6) is -2.48. The van der Waals surface area contributed by atoms with E-state index in [1.807, 2.05) is 0 Å². The summed E-state index contributed by atoms with van der Waals surface area (Å²) >= 11 is 0. The van der Waals surface area contributed by atoms with E-state index in [-0.39, 0.29) is 19.8 Å². The fourth-order valence-electron chi connectivity index (χ4n) is 1.37. The van der Waals surface area contributed by atoms with Gasteiger partial charge in [-0.25, -0.2) is 9.59 Å². The van der Waals surface area contributed by atoms with E-state index in [1.165, 1.54) is 6.07 Å². The van der Waals surface area contributed by atoms with Gasteiger partial charge in [0.25, 0.3) is 5.71 Å². The molecule has 8 heteroatoms. The number of nitrogens with zero attached hydrogens (tertiary/aromatic N) is 2. The lowest BCUT2D eigenvalue weighted by molar-refractivity contribution is -0.281. The van der Waals surface area contributed by atoms with Gasteiger partial charge in [-0.05, 0) is 27.7 Å². The zero-order valence-corrected chi connectivity index (χ0v) is 12.5. The first-order valence-electron chi connectivity index (χ1n) is 6.38. The zero-order chi connectivity index (χ0) is 16.1. The van der Waals surface area contributed by atoms with Crippen LogP contribution in [0.3, 0.4) is 0 Å². The average molecular weight is 298 g/mol. The van der Waals surface area contributed by atoms with Crippen LogP contribution < -0.4 is 0 Å². The zero-order valence-electron chi connectivity index (χ0n) is 12.5. The van der Waals surface area contributed by atoms with Crippen molar-refractivity contribution >= 4 is 17.7 Å². The highest BCUT2D eigenvalue weighted by Crippen LogP contribution is 2.30. The number of esters is 1. The minimum Gasteiger partial charge on any atom is -0.461 e. The molecule has 0 bridgehead atoms. The Balaban J connectivity index is 2.68. The molecule has 0 atom stereocenters. The number of ether oxygens (including phenoxy) is 3. The smallest absolute Gasteiger partial charge is 0.371 e. The maximum atomic E-state index is 12.0. The Bertz CT molecular complexity index is 481. The molecular weight excluding hydrogens is 280 g/mol. The van der Waals surface area contributed by atoms with E-state index in [9.17, 15) is 9.59 Å². The van der Waals surface area contributed by atoms with Crippen LogP contribution in [0.25, 0.3) is 0 Å². The summed E-state index contributed by atoms with van der Waals surface area (Å²) < 4.78 is 15.4. The molecule has 1 heterocycles. The predicted molar refractivity (Wildman–Crippen MR) is 69.9 cm³/mol. The van der Waals surface area contributed by atoms with Crippen molar-refractivity contribution < 1.29 is 28.6 Å². The largest absolute Gasteiger partial charge is 0.461 e. The van der Waals surface area contributed by atoms with E-state index in [4.69, 9.17) is 14.7 Å². The molecule has 1 rings (SSSR count). The van der Waals surface area contributed by atoms with Crippen molar-refractivity contribution in [2.75, 3.05) is 19.8 Å². The molecule has 0 aromatic rings. The van der Waals surface area contributed by atoms with Gasteiger partial charge in [0, 0.05) is 0 Å². The molecule has 0 aromatic carbocycles. The Morgan fingerprint density at radius 3 is 2.33 bits per heavy atom. The Hall–Kier alpha value is -1.98.